The Morgan fingerprint density at radius 1 is 1.29 bits per heavy atom. The first-order chi connectivity index (χ1) is 13.4. The van der Waals surface area contributed by atoms with E-state index in [-0.39, 0.29) is 23.9 Å². The molecule has 1 aliphatic rings. The maximum Gasteiger partial charge on any atom is 0.257 e. The second kappa shape index (κ2) is 8.30. The van der Waals surface area contributed by atoms with Gasteiger partial charge in [-0.3, -0.25) is 10.1 Å². The maximum absolute atomic E-state index is 14.6. The third-order valence-electron chi connectivity index (χ3n) is 4.98. The summed E-state index contributed by atoms with van der Waals surface area (Å²) in [6, 6.07) is 11.7. The van der Waals surface area contributed by atoms with Gasteiger partial charge in [0.1, 0.15) is 11.6 Å². The number of carbonyl (C=O) groups excluding carboxylic acids is 1. The van der Waals surface area contributed by atoms with Crippen molar-refractivity contribution in [1.29, 1.82) is 0 Å². The topological polar surface area (TPSA) is 70.6 Å². The number of nitrogens with one attached hydrogen (secondary N) is 2. The van der Waals surface area contributed by atoms with Crippen LogP contribution in [0, 0.1) is 17.6 Å². The second-order valence-electron chi connectivity index (χ2n) is 6.67. The third-order valence-corrected chi connectivity index (χ3v) is 5.19. The van der Waals surface area contributed by atoms with E-state index >= 15 is 0 Å². The molecular formula is C20H20F2N2O3S. The van der Waals surface area contributed by atoms with E-state index in [9.17, 15) is 18.7 Å². The van der Waals surface area contributed by atoms with Gasteiger partial charge in [0, 0.05) is 23.1 Å². The summed E-state index contributed by atoms with van der Waals surface area (Å²) in [6.45, 7) is 1.42. The van der Waals surface area contributed by atoms with E-state index in [2.05, 4.69) is 10.6 Å². The molecule has 0 unspecified atom stereocenters. The van der Waals surface area contributed by atoms with Crippen molar-refractivity contribution < 1.29 is 23.4 Å². The summed E-state index contributed by atoms with van der Waals surface area (Å²) in [5.74, 6) is -2.51. The standard InChI is InChI=1S/C20H20F2N2O3S/c1-12-16(10-25)20(11-27-12,15-8-7-14(21)9-17(15)22)24-19(28)23-18(26)13-5-3-2-4-6-13/h2-9,12,16,25H,10-11H2,1H3,(H2,23,24,26,28)/t12-,16-,20-/m1/s1. The molecule has 1 saturated heterocycles. The van der Waals surface area contributed by atoms with Crippen molar-refractivity contribution in [2.45, 2.75) is 18.6 Å². The minimum Gasteiger partial charge on any atom is -0.396 e. The first kappa shape index (κ1) is 20.3. The minimum absolute atomic E-state index is 0.0106. The number of carbonyl (C=O) groups is 1. The van der Waals surface area contributed by atoms with Gasteiger partial charge in [-0.05, 0) is 37.3 Å². The fourth-order valence-electron chi connectivity index (χ4n) is 3.51. The van der Waals surface area contributed by atoms with Gasteiger partial charge in [-0.2, -0.15) is 0 Å². The normalized spacial score (nSPS) is 24.0. The monoisotopic (exact) mass is 406 g/mol. The average Bonchev–Trinajstić information content (AvgIpc) is 2.98. The summed E-state index contributed by atoms with van der Waals surface area (Å²) in [5, 5.41) is 15.4. The van der Waals surface area contributed by atoms with E-state index in [4.69, 9.17) is 17.0 Å². The Kier molecular flexibility index (Phi) is 6.02. The number of halogens is 2. The maximum atomic E-state index is 14.6. The van der Waals surface area contributed by atoms with Gasteiger partial charge in [0.2, 0.25) is 0 Å². The molecule has 8 heteroatoms. The molecule has 3 N–H and O–H groups in total. The number of benzene rings is 2. The third kappa shape index (κ3) is 3.89. The van der Waals surface area contributed by atoms with Crippen LogP contribution in [0.4, 0.5) is 8.78 Å². The number of ether oxygens (including phenoxy) is 1. The molecule has 2 aromatic rings. The lowest BCUT2D eigenvalue weighted by Crippen LogP contribution is -2.56. The van der Waals surface area contributed by atoms with Crippen LogP contribution in [-0.4, -0.2) is 35.4 Å². The van der Waals surface area contributed by atoms with E-state index < -0.39 is 35.1 Å². The summed E-state index contributed by atoms with van der Waals surface area (Å²) >= 11 is 5.27. The molecule has 28 heavy (non-hydrogen) atoms. The molecular weight excluding hydrogens is 386 g/mol. The Morgan fingerprint density at radius 2 is 2.00 bits per heavy atom. The van der Waals surface area contributed by atoms with Gasteiger partial charge < -0.3 is 15.2 Å². The molecule has 1 heterocycles. The number of aliphatic hydroxyl groups excluding tert-OH is 1. The summed E-state index contributed by atoms with van der Waals surface area (Å²) in [6.07, 6.45) is -0.408. The first-order valence-electron chi connectivity index (χ1n) is 8.74. The molecule has 0 bridgehead atoms. The lowest BCUT2D eigenvalue weighted by molar-refractivity contribution is 0.0860. The summed E-state index contributed by atoms with van der Waals surface area (Å²) in [7, 11) is 0. The molecule has 1 fully saturated rings. The van der Waals surface area contributed by atoms with Crippen molar-refractivity contribution >= 4 is 23.2 Å². The fourth-order valence-corrected chi connectivity index (χ4v) is 3.79. The van der Waals surface area contributed by atoms with Gasteiger partial charge in [-0.1, -0.05) is 24.3 Å². The van der Waals surface area contributed by atoms with E-state index in [0.29, 0.717) is 5.56 Å². The van der Waals surface area contributed by atoms with E-state index in [0.717, 1.165) is 12.1 Å². The molecule has 5 nitrogen and oxygen atoms in total. The van der Waals surface area contributed by atoms with E-state index in [1.165, 1.54) is 6.07 Å². The molecule has 0 aliphatic carbocycles. The minimum atomic E-state index is -1.26. The zero-order valence-corrected chi connectivity index (χ0v) is 15.9. The molecule has 0 radical (unpaired) electrons. The van der Waals surface area contributed by atoms with Crippen LogP contribution in [0.5, 0.6) is 0 Å². The number of aliphatic hydroxyl groups is 1. The smallest absolute Gasteiger partial charge is 0.257 e. The highest BCUT2D eigenvalue weighted by Crippen LogP contribution is 2.40. The molecule has 1 amide bonds. The Balaban J connectivity index is 1.90. The molecule has 148 valence electrons. The van der Waals surface area contributed by atoms with Gasteiger partial charge in [0.15, 0.2) is 5.11 Å². The molecule has 3 atom stereocenters. The first-order valence-corrected chi connectivity index (χ1v) is 9.14. The van der Waals surface area contributed by atoms with Crippen molar-refractivity contribution in [3.8, 4) is 0 Å². The highest BCUT2D eigenvalue weighted by molar-refractivity contribution is 7.80. The van der Waals surface area contributed by atoms with Crippen molar-refractivity contribution in [1.82, 2.24) is 10.6 Å². The number of rotatable bonds is 4. The van der Waals surface area contributed by atoms with Crippen molar-refractivity contribution in [2.24, 2.45) is 5.92 Å². The van der Waals surface area contributed by atoms with E-state index in [1.807, 2.05) is 0 Å². The van der Waals surface area contributed by atoms with Gasteiger partial charge in [0.25, 0.3) is 5.91 Å². The number of amides is 1. The lowest BCUT2D eigenvalue weighted by atomic mass is 9.78. The van der Waals surface area contributed by atoms with Gasteiger partial charge >= 0.3 is 0 Å². The predicted molar refractivity (Wildman–Crippen MR) is 104 cm³/mol. The highest BCUT2D eigenvalue weighted by atomic mass is 32.1. The van der Waals surface area contributed by atoms with Crippen LogP contribution in [-0.2, 0) is 10.3 Å². The highest BCUT2D eigenvalue weighted by Gasteiger charge is 2.51. The number of hydrogen-bond acceptors (Lipinski definition) is 4. The summed E-state index contributed by atoms with van der Waals surface area (Å²) in [5.41, 5.74) is -0.746. The van der Waals surface area contributed by atoms with Crippen LogP contribution in [0.25, 0.3) is 0 Å². The largest absolute Gasteiger partial charge is 0.396 e. The number of hydrogen-bond donors (Lipinski definition) is 3. The predicted octanol–water partition coefficient (Wildman–Crippen LogP) is 2.49. The Bertz CT molecular complexity index is 881. The van der Waals surface area contributed by atoms with E-state index in [1.54, 1.807) is 37.3 Å². The Hall–Kier alpha value is -2.42. The van der Waals surface area contributed by atoms with Crippen LogP contribution in [0.15, 0.2) is 48.5 Å². The SMILES string of the molecule is C[C@H]1OC[C@@](NC(=S)NC(=O)c2ccccc2)(c2ccc(F)cc2F)[C@@H]1CO. The van der Waals surface area contributed by atoms with Gasteiger partial charge in [0.05, 0.1) is 24.9 Å². The fraction of sp³-hybridized carbons (Fsp3) is 0.300. The zero-order valence-electron chi connectivity index (χ0n) is 15.1. The van der Waals surface area contributed by atoms with Gasteiger partial charge in [-0.25, -0.2) is 8.78 Å². The van der Waals surface area contributed by atoms with Crippen LogP contribution >= 0.6 is 12.2 Å². The summed E-state index contributed by atoms with van der Waals surface area (Å²) < 4.78 is 33.7. The van der Waals surface area contributed by atoms with Gasteiger partial charge in [-0.15, -0.1) is 0 Å². The Morgan fingerprint density at radius 3 is 2.64 bits per heavy atom. The molecule has 0 aromatic heterocycles. The van der Waals surface area contributed by atoms with Crippen molar-refractivity contribution in [3.05, 3.63) is 71.3 Å². The van der Waals surface area contributed by atoms with Crippen LogP contribution in [0.1, 0.15) is 22.8 Å². The molecule has 2 aromatic carbocycles. The zero-order chi connectivity index (χ0) is 20.3. The summed E-state index contributed by atoms with van der Waals surface area (Å²) in [4.78, 5) is 12.4. The molecule has 0 spiro atoms. The molecule has 1 aliphatic heterocycles. The van der Waals surface area contributed by atoms with Crippen molar-refractivity contribution in [3.63, 3.8) is 0 Å². The van der Waals surface area contributed by atoms with Crippen LogP contribution < -0.4 is 10.6 Å². The molecule has 3 rings (SSSR count). The second-order valence-corrected chi connectivity index (χ2v) is 7.08. The van der Waals surface area contributed by atoms with Crippen molar-refractivity contribution in [2.75, 3.05) is 13.2 Å². The number of thiocarbonyl (C=S) groups is 1. The van der Waals surface area contributed by atoms with Crippen LogP contribution in [0.2, 0.25) is 0 Å². The average molecular weight is 406 g/mol. The lowest BCUT2D eigenvalue weighted by Gasteiger charge is -2.36. The molecule has 0 saturated carbocycles. The Labute approximate surface area is 166 Å². The van der Waals surface area contributed by atoms with Crippen LogP contribution in [0.3, 0.4) is 0 Å². The quantitative estimate of drug-likeness (QED) is 0.681.